The largest absolute Gasteiger partial charge is 0.336 e. The Morgan fingerprint density at radius 3 is 2.03 bits per heavy atom. The summed E-state index contributed by atoms with van der Waals surface area (Å²) >= 11 is 0. The number of sulfonamides is 1. The molecule has 1 atom stereocenters. The van der Waals surface area contributed by atoms with Crippen LogP contribution in [-0.4, -0.2) is 48.5 Å². The van der Waals surface area contributed by atoms with Gasteiger partial charge in [-0.05, 0) is 55.9 Å². The maximum atomic E-state index is 13.5. The van der Waals surface area contributed by atoms with Crippen LogP contribution < -0.4 is 16.1 Å². The third-order valence-corrected chi connectivity index (χ3v) is 6.41. The van der Waals surface area contributed by atoms with Gasteiger partial charge in [0.25, 0.3) is 5.91 Å². The summed E-state index contributed by atoms with van der Waals surface area (Å²) in [7, 11) is -4.07. The topological polar surface area (TPSA) is 128 Å². The predicted octanol–water partition coefficient (Wildman–Crippen LogP) is 3.17. The van der Waals surface area contributed by atoms with Crippen LogP contribution in [0.1, 0.15) is 54.9 Å². The molecule has 0 spiro atoms. The minimum absolute atomic E-state index is 0.00827. The summed E-state index contributed by atoms with van der Waals surface area (Å²) in [6.07, 6.45) is 0.541. The van der Waals surface area contributed by atoms with E-state index in [0.717, 1.165) is 4.31 Å². The van der Waals surface area contributed by atoms with E-state index in [4.69, 9.17) is 0 Å². The Morgan fingerprint density at radius 1 is 1.06 bits per heavy atom. The lowest BCUT2D eigenvalue weighted by molar-refractivity contribution is -0.136. The number of anilines is 1. The maximum absolute atomic E-state index is 13.5. The molecule has 0 bridgehead atoms. The van der Waals surface area contributed by atoms with Crippen LogP contribution in [0.15, 0.2) is 29.2 Å². The molecule has 1 aromatic rings. The third-order valence-electron chi connectivity index (χ3n) is 4.53. The molecule has 1 rings (SSSR count). The van der Waals surface area contributed by atoms with Gasteiger partial charge in [0.2, 0.25) is 10.0 Å². The molecule has 176 valence electrons. The molecule has 0 unspecified atom stereocenters. The molecule has 0 saturated heterocycles. The Morgan fingerprint density at radius 2 is 1.61 bits per heavy atom. The number of benzene rings is 1. The number of hydrogen-bond donors (Lipinski definition) is 4. The van der Waals surface area contributed by atoms with E-state index in [1.165, 1.54) is 24.3 Å². The van der Waals surface area contributed by atoms with E-state index in [1.807, 2.05) is 27.7 Å². The Balaban J connectivity index is 3.30. The van der Waals surface area contributed by atoms with E-state index in [9.17, 15) is 23.2 Å². The molecule has 3 amide bonds. The van der Waals surface area contributed by atoms with Crippen LogP contribution in [0.5, 0.6) is 0 Å². The Hall–Kier alpha value is -2.17. The molecule has 0 aliphatic rings. The highest BCUT2D eigenvalue weighted by atomic mass is 32.2. The van der Waals surface area contributed by atoms with Crippen LogP contribution in [0.3, 0.4) is 0 Å². The molecule has 0 heterocycles. The zero-order valence-corrected chi connectivity index (χ0v) is 20.2. The van der Waals surface area contributed by atoms with Crippen molar-refractivity contribution in [2.24, 2.45) is 11.3 Å². The van der Waals surface area contributed by atoms with Crippen LogP contribution in [0, 0.1) is 11.3 Å². The highest BCUT2D eigenvalue weighted by Crippen LogP contribution is 2.30. The molecule has 10 heteroatoms. The van der Waals surface area contributed by atoms with E-state index in [1.54, 1.807) is 26.3 Å². The van der Waals surface area contributed by atoms with Crippen molar-refractivity contribution >= 4 is 27.6 Å². The number of hydrogen-bond acceptors (Lipinski definition) is 5. The third kappa shape index (κ3) is 7.79. The molecule has 0 aromatic heterocycles. The molecule has 0 saturated carbocycles. The average Bonchev–Trinajstić information content (AvgIpc) is 2.62. The van der Waals surface area contributed by atoms with Gasteiger partial charge in [-0.1, -0.05) is 34.6 Å². The van der Waals surface area contributed by atoms with Crippen molar-refractivity contribution in [2.75, 3.05) is 11.9 Å². The van der Waals surface area contributed by atoms with Crippen LogP contribution in [0.4, 0.5) is 10.5 Å². The first-order valence-electron chi connectivity index (χ1n) is 10.3. The molecule has 9 nitrogen and oxygen atoms in total. The normalized spacial score (nSPS) is 13.4. The molecule has 0 aliphatic carbocycles. The van der Waals surface area contributed by atoms with Crippen LogP contribution >= 0.6 is 0 Å². The van der Waals surface area contributed by atoms with Crippen LogP contribution in [-0.2, 0) is 14.8 Å². The Kier molecular flexibility index (Phi) is 9.46. The number of carbonyl (C=O) groups excluding carboxylic acids is 2. The monoisotopic (exact) mass is 456 g/mol. The number of amides is 3. The number of nitrogens with one attached hydrogen (secondary N) is 3. The van der Waals surface area contributed by atoms with Gasteiger partial charge in [0.05, 0.1) is 4.90 Å². The number of rotatable bonds is 9. The van der Waals surface area contributed by atoms with Crippen LogP contribution in [0.2, 0.25) is 0 Å². The number of hydroxylamine groups is 1. The summed E-state index contributed by atoms with van der Waals surface area (Å²) in [6, 6.07) is 4.21. The molecule has 4 N–H and O–H groups in total. The minimum Gasteiger partial charge on any atom is -0.336 e. The summed E-state index contributed by atoms with van der Waals surface area (Å²) in [4.78, 5) is 24.3. The SMILES string of the molecule is CC(C)CCN([C@@H](C(=O)NO)C(C)(C)C)S(=O)(=O)c1ccc(NC(=O)NC(C)C)cc1. The van der Waals surface area contributed by atoms with E-state index in [-0.39, 0.29) is 23.4 Å². The lowest BCUT2D eigenvalue weighted by Gasteiger charge is -2.37. The first kappa shape index (κ1) is 26.9. The van der Waals surface area contributed by atoms with Gasteiger partial charge in [0, 0.05) is 18.3 Å². The fraction of sp³-hybridized carbons (Fsp3) is 0.619. The Bertz CT molecular complexity index is 846. The minimum atomic E-state index is -4.07. The molecule has 1 aromatic carbocycles. The maximum Gasteiger partial charge on any atom is 0.319 e. The Labute approximate surface area is 185 Å². The highest BCUT2D eigenvalue weighted by Gasteiger charge is 2.42. The van der Waals surface area contributed by atoms with Crippen molar-refractivity contribution in [1.82, 2.24) is 15.1 Å². The summed E-state index contributed by atoms with van der Waals surface area (Å²) in [5.74, 6) is -0.579. The van der Waals surface area contributed by atoms with Gasteiger partial charge >= 0.3 is 6.03 Å². The molecular weight excluding hydrogens is 420 g/mol. The van der Waals surface area contributed by atoms with Crippen molar-refractivity contribution in [3.8, 4) is 0 Å². The quantitative estimate of drug-likeness (QED) is 0.335. The van der Waals surface area contributed by atoms with Gasteiger partial charge in [0.15, 0.2) is 0 Å². The van der Waals surface area contributed by atoms with Gasteiger partial charge in [-0.25, -0.2) is 18.7 Å². The standard InChI is InChI=1S/C21H36N4O5S/c1-14(2)12-13-25(18(19(26)24-28)21(5,6)7)31(29,30)17-10-8-16(9-11-17)23-20(27)22-15(3)4/h8-11,14-15,18,28H,12-13H2,1-7H3,(H,24,26)(H2,22,23,27)/t18-/m0/s1. The van der Waals surface area contributed by atoms with Gasteiger partial charge in [-0.15, -0.1) is 0 Å². The van der Waals surface area contributed by atoms with Crippen molar-refractivity contribution in [1.29, 1.82) is 0 Å². The summed E-state index contributed by atoms with van der Waals surface area (Å²) in [5, 5.41) is 14.6. The molecule has 0 radical (unpaired) electrons. The summed E-state index contributed by atoms with van der Waals surface area (Å²) < 4.78 is 28.1. The van der Waals surface area contributed by atoms with Crippen molar-refractivity contribution in [3.63, 3.8) is 0 Å². The first-order valence-corrected chi connectivity index (χ1v) is 11.8. The smallest absolute Gasteiger partial charge is 0.319 e. The van der Waals surface area contributed by atoms with E-state index >= 15 is 0 Å². The second-order valence-electron chi connectivity index (χ2n) is 9.32. The van der Waals surface area contributed by atoms with Crippen molar-refractivity contribution in [2.45, 2.75) is 71.9 Å². The van der Waals surface area contributed by atoms with Crippen molar-refractivity contribution < 1.29 is 23.2 Å². The van der Waals surface area contributed by atoms with Gasteiger partial charge in [-0.2, -0.15) is 4.31 Å². The zero-order valence-electron chi connectivity index (χ0n) is 19.4. The van der Waals surface area contributed by atoms with Gasteiger partial charge in [-0.3, -0.25) is 10.0 Å². The summed E-state index contributed by atoms with van der Waals surface area (Å²) in [5.41, 5.74) is 1.28. The molecule has 0 fully saturated rings. The average molecular weight is 457 g/mol. The summed E-state index contributed by atoms with van der Waals surface area (Å²) in [6.45, 7) is 12.9. The fourth-order valence-corrected chi connectivity index (χ4v) is 4.85. The second kappa shape index (κ2) is 10.9. The molecular formula is C21H36N4O5S. The number of urea groups is 1. The lowest BCUT2D eigenvalue weighted by atomic mass is 9.86. The molecule has 31 heavy (non-hydrogen) atoms. The fourth-order valence-electron chi connectivity index (χ4n) is 3.07. The van der Waals surface area contributed by atoms with Crippen molar-refractivity contribution in [3.05, 3.63) is 24.3 Å². The van der Waals surface area contributed by atoms with Crippen LogP contribution in [0.25, 0.3) is 0 Å². The van der Waals surface area contributed by atoms with E-state index < -0.39 is 33.4 Å². The molecule has 0 aliphatic heterocycles. The first-order chi connectivity index (χ1) is 14.2. The van der Waals surface area contributed by atoms with E-state index in [0.29, 0.717) is 12.1 Å². The van der Waals surface area contributed by atoms with Gasteiger partial charge in [0.1, 0.15) is 6.04 Å². The van der Waals surface area contributed by atoms with E-state index in [2.05, 4.69) is 10.6 Å². The highest BCUT2D eigenvalue weighted by molar-refractivity contribution is 7.89. The van der Waals surface area contributed by atoms with Gasteiger partial charge < -0.3 is 10.6 Å². The zero-order chi connectivity index (χ0) is 24.0. The number of nitrogens with zero attached hydrogens (tertiary/aromatic N) is 1. The second-order valence-corrected chi connectivity index (χ2v) is 11.2. The lowest BCUT2D eigenvalue weighted by Crippen LogP contribution is -2.55. The number of carbonyl (C=O) groups is 2. The predicted molar refractivity (Wildman–Crippen MR) is 120 cm³/mol.